The molecule has 3 rings (SSSR count). The molecule has 2 fully saturated rings. The fourth-order valence-corrected chi connectivity index (χ4v) is 3.65. The highest BCUT2D eigenvalue weighted by atomic mass is 15.3. The molecule has 104 valence electrons. The van der Waals surface area contributed by atoms with E-state index in [0.29, 0.717) is 11.6 Å². The minimum Gasteiger partial charge on any atom is -0.366 e. The quantitative estimate of drug-likeness (QED) is 0.830. The molecule has 0 bridgehead atoms. The Balaban J connectivity index is 1.86. The first-order valence-electron chi connectivity index (χ1n) is 7.69. The van der Waals surface area contributed by atoms with Crippen molar-refractivity contribution in [2.75, 3.05) is 18.0 Å². The first-order chi connectivity index (χ1) is 9.10. The smallest absolute Gasteiger partial charge is 0.0387 e. The standard InChI is InChI=1S/C17H26N2/c1-13-6-7-16(10-14(13)2)19-12-17(8-4-5-9-17)18-11-15(19)3/h6-7,10,15,18H,4-5,8-9,11-12H2,1-3H3. The monoisotopic (exact) mass is 258 g/mol. The van der Waals surface area contributed by atoms with Crippen LogP contribution in [0.15, 0.2) is 18.2 Å². The van der Waals surface area contributed by atoms with E-state index in [2.05, 4.69) is 49.2 Å². The van der Waals surface area contributed by atoms with Gasteiger partial charge in [-0.3, -0.25) is 0 Å². The fraction of sp³-hybridized carbons (Fsp3) is 0.647. The average molecular weight is 258 g/mol. The molecular formula is C17H26N2. The lowest BCUT2D eigenvalue weighted by molar-refractivity contribution is 0.276. The van der Waals surface area contributed by atoms with E-state index in [4.69, 9.17) is 0 Å². The van der Waals surface area contributed by atoms with Crippen LogP contribution < -0.4 is 10.2 Å². The maximum absolute atomic E-state index is 3.83. The molecule has 0 radical (unpaired) electrons. The van der Waals surface area contributed by atoms with E-state index < -0.39 is 0 Å². The molecule has 1 aliphatic carbocycles. The Hall–Kier alpha value is -1.02. The summed E-state index contributed by atoms with van der Waals surface area (Å²) < 4.78 is 0. The Morgan fingerprint density at radius 3 is 2.58 bits per heavy atom. The van der Waals surface area contributed by atoms with Gasteiger partial charge in [-0.05, 0) is 56.9 Å². The second-order valence-corrected chi connectivity index (χ2v) is 6.61. The molecule has 1 saturated heterocycles. The summed E-state index contributed by atoms with van der Waals surface area (Å²) in [6.45, 7) is 9.05. The summed E-state index contributed by atoms with van der Waals surface area (Å²) in [4.78, 5) is 2.62. The Morgan fingerprint density at radius 2 is 1.89 bits per heavy atom. The second kappa shape index (κ2) is 4.82. The Morgan fingerprint density at radius 1 is 1.16 bits per heavy atom. The molecular weight excluding hydrogens is 232 g/mol. The van der Waals surface area contributed by atoms with Crippen LogP contribution in [0.4, 0.5) is 5.69 Å². The Kier molecular flexibility index (Phi) is 3.30. The second-order valence-electron chi connectivity index (χ2n) is 6.61. The zero-order chi connectivity index (χ0) is 13.5. The van der Waals surface area contributed by atoms with E-state index in [1.165, 1.54) is 49.0 Å². The molecule has 2 heteroatoms. The lowest BCUT2D eigenvalue weighted by atomic mass is 9.92. The number of piperazine rings is 1. The van der Waals surface area contributed by atoms with Crippen molar-refractivity contribution in [3.63, 3.8) is 0 Å². The van der Waals surface area contributed by atoms with Crippen molar-refractivity contribution in [2.24, 2.45) is 0 Å². The van der Waals surface area contributed by atoms with Gasteiger partial charge in [0.1, 0.15) is 0 Å². The molecule has 1 aliphatic heterocycles. The first kappa shape index (κ1) is 13.0. The van der Waals surface area contributed by atoms with E-state index in [0.717, 1.165) is 6.54 Å². The summed E-state index contributed by atoms with van der Waals surface area (Å²) in [5, 5.41) is 3.83. The molecule has 0 aromatic heterocycles. The maximum atomic E-state index is 3.83. The van der Waals surface area contributed by atoms with Crippen LogP contribution in [0.1, 0.15) is 43.7 Å². The van der Waals surface area contributed by atoms with Gasteiger partial charge in [0.05, 0.1) is 0 Å². The van der Waals surface area contributed by atoms with Crippen LogP contribution in [-0.2, 0) is 0 Å². The normalized spacial score (nSPS) is 26.1. The molecule has 1 atom stereocenters. The summed E-state index contributed by atoms with van der Waals surface area (Å²) >= 11 is 0. The van der Waals surface area contributed by atoms with E-state index in [-0.39, 0.29) is 0 Å². The van der Waals surface area contributed by atoms with Crippen LogP contribution in [0.25, 0.3) is 0 Å². The number of nitrogens with zero attached hydrogens (tertiary/aromatic N) is 1. The summed E-state index contributed by atoms with van der Waals surface area (Å²) in [5.74, 6) is 0. The summed E-state index contributed by atoms with van der Waals surface area (Å²) in [6, 6.07) is 7.52. The van der Waals surface area contributed by atoms with Crippen LogP contribution in [0.5, 0.6) is 0 Å². The van der Waals surface area contributed by atoms with Gasteiger partial charge in [0, 0.05) is 30.4 Å². The van der Waals surface area contributed by atoms with Crippen molar-refractivity contribution in [2.45, 2.75) is 58.0 Å². The number of hydrogen-bond acceptors (Lipinski definition) is 2. The van der Waals surface area contributed by atoms with Crippen LogP contribution in [-0.4, -0.2) is 24.7 Å². The number of anilines is 1. The van der Waals surface area contributed by atoms with Gasteiger partial charge in [0.25, 0.3) is 0 Å². The van der Waals surface area contributed by atoms with Crippen molar-refractivity contribution >= 4 is 5.69 Å². The zero-order valence-corrected chi connectivity index (χ0v) is 12.5. The number of hydrogen-bond donors (Lipinski definition) is 1. The number of rotatable bonds is 1. The number of aryl methyl sites for hydroxylation is 2. The van der Waals surface area contributed by atoms with E-state index in [9.17, 15) is 0 Å². The topological polar surface area (TPSA) is 15.3 Å². The van der Waals surface area contributed by atoms with E-state index in [1.807, 2.05) is 0 Å². The van der Waals surface area contributed by atoms with Crippen molar-refractivity contribution in [1.29, 1.82) is 0 Å². The minimum atomic E-state index is 0.394. The molecule has 0 amide bonds. The molecule has 1 spiro atoms. The van der Waals surface area contributed by atoms with Crippen LogP contribution in [0.3, 0.4) is 0 Å². The van der Waals surface area contributed by atoms with Crippen molar-refractivity contribution in [1.82, 2.24) is 5.32 Å². The van der Waals surface area contributed by atoms with Crippen molar-refractivity contribution < 1.29 is 0 Å². The van der Waals surface area contributed by atoms with E-state index in [1.54, 1.807) is 0 Å². The summed E-state index contributed by atoms with van der Waals surface area (Å²) in [7, 11) is 0. The van der Waals surface area contributed by atoms with Gasteiger partial charge in [0.2, 0.25) is 0 Å². The van der Waals surface area contributed by atoms with Gasteiger partial charge in [-0.2, -0.15) is 0 Å². The average Bonchev–Trinajstić information content (AvgIpc) is 2.85. The maximum Gasteiger partial charge on any atom is 0.0387 e. The van der Waals surface area contributed by atoms with Crippen LogP contribution in [0, 0.1) is 13.8 Å². The van der Waals surface area contributed by atoms with Gasteiger partial charge >= 0.3 is 0 Å². The molecule has 1 aromatic rings. The SMILES string of the molecule is Cc1ccc(N2CC3(CCCC3)NCC2C)cc1C. The third-order valence-electron chi connectivity index (χ3n) is 5.16. The van der Waals surface area contributed by atoms with Gasteiger partial charge in [-0.1, -0.05) is 18.9 Å². The van der Waals surface area contributed by atoms with Crippen LogP contribution >= 0.6 is 0 Å². The molecule has 1 heterocycles. The largest absolute Gasteiger partial charge is 0.366 e. The Bertz CT molecular complexity index is 460. The van der Waals surface area contributed by atoms with E-state index >= 15 is 0 Å². The highest BCUT2D eigenvalue weighted by Crippen LogP contribution is 2.35. The molecule has 1 saturated carbocycles. The molecule has 1 aromatic carbocycles. The molecule has 1 N–H and O–H groups in total. The molecule has 1 unspecified atom stereocenters. The molecule has 19 heavy (non-hydrogen) atoms. The van der Waals surface area contributed by atoms with Crippen molar-refractivity contribution in [3.05, 3.63) is 29.3 Å². The lowest BCUT2D eigenvalue weighted by Crippen LogP contribution is -2.62. The summed E-state index contributed by atoms with van der Waals surface area (Å²) in [6.07, 6.45) is 5.48. The zero-order valence-electron chi connectivity index (χ0n) is 12.5. The van der Waals surface area contributed by atoms with Gasteiger partial charge in [0.15, 0.2) is 0 Å². The fourth-order valence-electron chi connectivity index (χ4n) is 3.65. The number of benzene rings is 1. The predicted octanol–water partition coefficient (Wildman–Crippen LogP) is 3.41. The van der Waals surface area contributed by atoms with Crippen molar-refractivity contribution in [3.8, 4) is 0 Å². The third-order valence-corrected chi connectivity index (χ3v) is 5.16. The minimum absolute atomic E-state index is 0.394. The highest BCUT2D eigenvalue weighted by Gasteiger charge is 2.39. The predicted molar refractivity (Wildman–Crippen MR) is 81.9 cm³/mol. The van der Waals surface area contributed by atoms with Crippen LogP contribution in [0.2, 0.25) is 0 Å². The summed E-state index contributed by atoms with van der Waals surface area (Å²) in [5.41, 5.74) is 4.60. The molecule has 2 nitrogen and oxygen atoms in total. The van der Waals surface area contributed by atoms with Gasteiger partial charge in [-0.25, -0.2) is 0 Å². The lowest BCUT2D eigenvalue weighted by Gasteiger charge is -2.46. The Labute approximate surface area is 117 Å². The third kappa shape index (κ3) is 2.38. The first-order valence-corrected chi connectivity index (χ1v) is 7.69. The molecule has 2 aliphatic rings. The highest BCUT2D eigenvalue weighted by molar-refractivity contribution is 5.52. The van der Waals surface area contributed by atoms with Gasteiger partial charge in [-0.15, -0.1) is 0 Å². The number of nitrogens with one attached hydrogen (secondary N) is 1. The van der Waals surface area contributed by atoms with Gasteiger partial charge < -0.3 is 10.2 Å².